The second-order valence-electron chi connectivity index (χ2n) is 7.57. The molecule has 1 spiro atoms. The van der Waals surface area contributed by atoms with E-state index in [0.29, 0.717) is 17.1 Å². The van der Waals surface area contributed by atoms with E-state index in [1.54, 1.807) is 0 Å². The molecule has 0 bridgehead atoms. The van der Waals surface area contributed by atoms with Crippen LogP contribution in [0, 0.1) is 11.3 Å². The van der Waals surface area contributed by atoms with Crippen molar-refractivity contribution in [1.82, 2.24) is 0 Å². The normalized spacial score (nSPS) is 22.0. The maximum Gasteiger partial charge on any atom is 0.155 e. The van der Waals surface area contributed by atoms with Gasteiger partial charge in [-0.3, -0.25) is 9.59 Å². The topological polar surface area (TPSA) is 51.2 Å². The van der Waals surface area contributed by atoms with Gasteiger partial charge in [0.2, 0.25) is 0 Å². The van der Waals surface area contributed by atoms with Crippen LogP contribution in [0.4, 0.5) is 0 Å². The second-order valence-corrected chi connectivity index (χ2v) is 7.57. The number of carbonyl (C=O) groups excluding carboxylic acids is 3. The lowest BCUT2D eigenvalue weighted by Crippen LogP contribution is -2.25. The molecule has 0 aromatic rings. The van der Waals surface area contributed by atoms with Crippen LogP contribution in [0.2, 0.25) is 0 Å². The standard InChI is InChI=1S/C11H16O.C7H12O.C4H6O/c12-10-4-8-11(9-5-10)6-2-1-3-7-11;8-6-7-4-2-1-3-5-7;1-3-4(2)5/h4,8H,1-3,5-7,9H2;6-7H,1-5H2;3H,1H2,2H3. The molecular weight excluding hydrogens is 312 g/mol. The summed E-state index contributed by atoms with van der Waals surface area (Å²) in [6.07, 6.45) is 21.2. The zero-order chi connectivity index (χ0) is 18.5. The van der Waals surface area contributed by atoms with Gasteiger partial charge >= 0.3 is 0 Å². The lowest BCUT2D eigenvalue weighted by molar-refractivity contribution is -0.116. The van der Waals surface area contributed by atoms with Gasteiger partial charge in [-0.05, 0) is 56.6 Å². The van der Waals surface area contributed by atoms with Crippen molar-refractivity contribution in [2.75, 3.05) is 0 Å². The number of rotatable bonds is 2. The van der Waals surface area contributed by atoms with Crippen molar-refractivity contribution in [3.63, 3.8) is 0 Å². The molecule has 0 aliphatic heterocycles. The van der Waals surface area contributed by atoms with Crippen LogP contribution in [0.5, 0.6) is 0 Å². The summed E-state index contributed by atoms with van der Waals surface area (Å²) in [4.78, 5) is 30.9. The van der Waals surface area contributed by atoms with Gasteiger partial charge in [0.15, 0.2) is 11.6 Å². The smallest absolute Gasteiger partial charge is 0.155 e. The van der Waals surface area contributed by atoms with Gasteiger partial charge in [0.1, 0.15) is 6.29 Å². The van der Waals surface area contributed by atoms with E-state index in [9.17, 15) is 14.4 Å². The van der Waals surface area contributed by atoms with E-state index in [1.165, 1.54) is 64.4 Å². The highest BCUT2D eigenvalue weighted by Crippen LogP contribution is 2.43. The molecule has 0 unspecified atom stereocenters. The molecule has 25 heavy (non-hydrogen) atoms. The molecule has 3 rings (SSSR count). The van der Waals surface area contributed by atoms with E-state index in [1.807, 2.05) is 6.08 Å². The zero-order valence-corrected chi connectivity index (χ0v) is 15.8. The molecule has 140 valence electrons. The fourth-order valence-corrected chi connectivity index (χ4v) is 3.75. The molecule has 2 saturated carbocycles. The summed E-state index contributed by atoms with van der Waals surface area (Å²) in [7, 11) is 0. The summed E-state index contributed by atoms with van der Waals surface area (Å²) in [5.41, 5.74) is 0.437. The minimum absolute atomic E-state index is 0.0185. The molecule has 3 heteroatoms. The van der Waals surface area contributed by atoms with Crippen LogP contribution in [0.3, 0.4) is 0 Å². The molecule has 0 N–H and O–H groups in total. The predicted octanol–water partition coefficient (Wildman–Crippen LogP) is 5.38. The summed E-state index contributed by atoms with van der Waals surface area (Å²) in [5.74, 6) is 0.750. The lowest BCUT2D eigenvalue weighted by atomic mass is 9.69. The molecule has 0 aromatic carbocycles. The highest BCUT2D eigenvalue weighted by Gasteiger charge is 2.31. The van der Waals surface area contributed by atoms with Crippen molar-refractivity contribution in [3.05, 3.63) is 24.8 Å². The van der Waals surface area contributed by atoms with Gasteiger partial charge < -0.3 is 4.79 Å². The van der Waals surface area contributed by atoms with Gasteiger partial charge in [-0.1, -0.05) is 51.2 Å². The van der Waals surface area contributed by atoms with Crippen molar-refractivity contribution in [2.24, 2.45) is 11.3 Å². The van der Waals surface area contributed by atoms with Crippen LogP contribution < -0.4 is 0 Å². The summed E-state index contributed by atoms with van der Waals surface area (Å²) in [6.45, 7) is 4.68. The fraction of sp³-hybridized carbons (Fsp3) is 0.682. The van der Waals surface area contributed by atoms with Gasteiger partial charge in [0.25, 0.3) is 0 Å². The first kappa shape index (κ1) is 21.5. The SMILES string of the molecule is C=CC(C)=O.O=C1C=CC2(CCCCC2)CC1.O=CC1CCCCC1. The molecule has 3 aliphatic carbocycles. The van der Waals surface area contributed by atoms with E-state index in [2.05, 4.69) is 12.7 Å². The molecule has 3 aliphatic rings. The molecule has 0 saturated heterocycles. The molecule has 2 fully saturated rings. The maximum absolute atomic E-state index is 11.0. The van der Waals surface area contributed by atoms with E-state index in [0.717, 1.165) is 32.0 Å². The van der Waals surface area contributed by atoms with E-state index < -0.39 is 0 Å². The Balaban J connectivity index is 0.000000209. The van der Waals surface area contributed by atoms with Crippen molar-refractivity contribution >= 4 is 17.9 Å². The van der Waals surface area contributed by atoms with E-state index in [-0.39, 0.29) is 5.78 Å². The molecule has 0 radical (unpaired) electrons. The highest BCUT2D eigenvalue weighted by atomic mass is 16.1. The third-order valence-corrected chi connectivity index (χ3v) is 5.47. The fourth-order valence-electron chi connectivity index (χ4n) is 3.75. The first-order valence-electron chi connectivity index (χ1n) is 9.82. The minimum Gasteiger partial charge on any atom is -0.303 e. The number of ketones is 2. The largest absolute Gasteiger partial charge is 0.303 e. The highest BCUT2D eigenvalue weighted by molar-refractivity contribution is 5.90. The van der Waals surface area contributed by atoms with Crippen molar-refractivity contribution in [3.8, 4) is 0 Å². The summed E-state index contributed by atoms with van der Waals surface area (Å²) in [6, 6.07) is 0. The quantitative estimate of drug-likeness (QED) is 0.498. The average Bonchev–Trinajstić information content (AvgIpc) is 2.67. The zero-order valence-electron chi connectivity index (χ0n) is 15.8. The number of aldehydes is 1. The van der Waals surface area contributed by atoms with Crippen molar-refractivity contribution < 1.29 is 14.4 Å². The molecule has 0 amide bonds. The van der Waals surface area contributed by atoms with Crippen molar-refractivity contribution in [1.29, 1.82) is 0 Å². The number of carbonyl (C=O) groups is 3. The predicted molar refractivity (Wildman–Crippen MR) is 102 cm³/mol. The Hall–Kier alpha value is -1.51. The summed E-state index contributed by atoms with van der Waals surface area (Å²) < 4.78 is 0. The van der Waals surface area contributed by atoms with E-state index in [4.69, 9.17) is 0 Å². The summed E-state index contributed by atoms with van der Waals surface area (Å²) in [5, 5.41) is 0. The molecule has 0 heterocycles. The molecule has 3 nitrogen and oxygen atoms in total. The third-order valence-electron chi connectivity index (χ3n) is 5.47. The van der Waals surface area contributed by atoms with Gasteiger partial charge in [0.05, 0.1) is 0 Å². The Morgan fingerprint density at radius 2 is 1.64 bits per heavy atom. The third kappa shape index (κ3) is 8.94. The van der Waals surface area contributed by atoms with Gasteiger partial charge in [-0.25, -0.2) is 0 Å². The van der Waals surface area contributed by atoms with Crippen LogP contribution in [0.1, 0.15) is 84.0 Å². The molecule has 0 atom stereocenters. The first-order chi connectivity index (χ1) is 12.0. The van der Waals surface area contributed by atoms with Crippen LogP contribution in [-0.2, 0) is 14.4 Å². The number of hydrogen-bond acceptors (Lipinski definition) is 3. The van der Waals surface area contributed by atoms with E-state index >= 15 is 0 Å². The molecular formula is C22H34O3. The van der Waals surface area contributed by atoms with Crippen LogP contribution >= 0.6 is 0 Å². The summed E-state index contributed by atoms with van der Waals surface area (Å²) >= 11 is 0. The van der Waals surface area contributed by atoms with Gasteiger partial charge in [-0.15, -0.1) is 0 Å². The Bertz CT molecular complexity index is 464. The number of hydrogen-bond donors (Lipinski definition) is 0. The Morgan fingerprint density at radius 3 is 2.04 bits per heavy atom. The van der Waals surface area contributed by atoms with Crippen molar-refractivity contribution in [2.45, 2.75) is 84.0 Å². The van der Waals surface area contributed by atoms with Gasteiger partial charge in [0, 0.05) is 12.3 Å². The first-order valence-corrected chi connectivity index (χ1v) is 9.82. The second kappa shape index (κ2) is 11.9. The Morgan fingerprint density at radius 1 is 1.08 bits per heavy atom. The lowest BCUT2D eigenvalue weighted by Gasteiger charge is -2.36. The van der Waals surface area contributed by atoms with Gasteiger partial charge in [-0.2, -0.15) is 0 Å². The monoisotopic (exact) mass is 346 g/mol. The van der Waals surface area contributed by atoms with Crippen LogP contribution in [-0.4, -0.2) is 17.9 Å². The number of allylic oxidation sites excluding steroid dienone is 3. The average molecular weight is 347 g/mol. The van der Waals surface area contributed by atoms with Crippen LogP contribution in [0.25, 0.3) is 0 Å². The molecule has 0 aromatic heterocycles. The Labute approximate surface area is 153 Å². The Kier molecular flexibility index (Phi) is 10.3. The maximum atomic E-state index is 11.0. The van der Waals surface area contributed by atoms with Crippen LogP contribution in [0.15, 0.2) is 24.8 Å². The minimum atomic E-state index is 0.0185.